The van der Waals surface area contributed by atoms with Crippen LogP contribution in [-0.2, 0) is 4.74 Å². The van der Waals surface area contributed by atoms with E-state index in [4.69, 9.17) is 9.84 Å². The molecule has 1 fully saturated rings. The number of hydrogen-bond donors (Lipinski definition) is 2. The third-order valence-corrected chi connectivity index (χ3v) is 2.53. The molecule has 8 heteroatoms. The second kappa shape index (κ2) is 4.38. The van der Waals surface area contributed by atoms with E-state index in [-0.39, 0.29) is 6.42 Å². The van der Waals surface area contributed by atoms with Crippen molar-refractivity contribution < 1.29 is 18.6 Å². The molecule has 0 aromatic carbocycles. The van der Waals surface area contributed by atoms with Gasteiger partial charge >= 0.3 is 5.69 Å². The lowest BCUT2D eigenvalue weighted by molar-refractivity contribution is -0.0399. The summed E-state index contributed by atoms with van der Waals surface area (Å²) in [5.74, 6) is -1.20. The standard InChI is InChI=1S/C9H10F2N2O4/c10-5-1-4(3-14)17-8(5)13-2-6(11)7(15)12-9(13)16/h2,4-5,8,14H,1,3H2,(H,12,15,16)/t4-,5-,8+/m1/s1. The number of alkyl halides is 1. The van der Waals surface area contributed by atoms with Crippen LogP contribution in [0.2, 0.25) is 0 Å². The summed E-state index contributed by atoms with van der Waals surface area (Å²) in [7, 11) is 0. The van der Waals surface area contributed by atoms with Gasteiger partial charge < -0.3 is 9.84 Å². The molecule has 17 heavy (non-hydrogen) atoms. The maximum absolute atomic E-state index is 13.5. The van der Waals surface area contributed by atoms with E-state index in [1.54, 1.807) is 4.98 Å². The summed E-state index contributed by atoms with van der Waals surface area (Å²) in [6, 6.07) is 0. The van der Waals surface area contributed by atoms with E-state index in [0.717, 1.165) is 0 Å². The number of aliphatic hydroxyl groups is 1. The van der Waals surface area contributed by atoms with Crippen molar-refractivity contribution in [2.24, 2.45) is 0 Å². The molecule has 0 spiro atoms. The molecule has 0 radical (unpaired) electrons. The number of ether oxygens (including phenoxy) is 1. The van der Waals surface area contributed by atoms with Crippen LogP contribution in [0, 0.1) is 5.82 Å². The minimum absolute atomic E-state index is 0.0889. The molecule has 1 aliphatic rings. The minimum atomic E-state index is -1.55. The molecule has 6 nitrogen and oxygen atoms in total. The summed E-state index contributed by atoms with van der Waals surface area (Å²) in [5, 5.41) is 8.81. The van der Waals surface area contributed by atoms with E-state index in [1.165, 1.54) is 0 Å². The highest BCUT2D eigenvalue weighted by Crippen LogP contribution is 2.29. The first-order chi connectivity index (χ1) is 8.02. The van der Waals surface area contributed by atoms with Crippen molar-refractivity contribution in [3.8, 4) is 0 Å². The zero-order chi connectivity index (χ0) is 12.6. The summed E-state index contributed by atoms with van der Waals surface area (Å²) in [5.41, 5.74) is -2.12. The molecule has 1 aliphatic heterocycles. The van der Waals surface area contributed by atoms with Gasteiger partial charge in [0.1, 0.15) is 6.17 Å². The Hall–Kier alpha value is -1.54. The molecule has 2 rings (SSSR count). The Morgan fingerprint density at radius 1 is 1.59 bits per heavy atom. The first-order valence-corrected chi connectivity index (χ1v) is 4.94. The number of nitrogens with one attached hydrogen (secondary N) is 1. The van der Waals surface area contributed by atoms with Gasteiger partial charge in [0.05, 0.1) is 18.9 Å². The highest BCUT2D eigenvalue weighted by Gasteiger charge is 2.37. The van der Waals surface area contributed by atoms with Gasteiger partial charge in [-0.1, -0.05) is 0 Å². The largest absolute Gasteiger partial charge is 0.394 e. The maximum atomic E-state index is 13.5. The fourth-order valence-corrected chi connectivity index (χ4v) is 1.71. The monoisotopic (exact) mass is 248 g/mol. The zero-order valence-electron chi connectivity index (χ0n) is 8.60. The topological polar surface area (TPSA) is 84.3 Å². The molecule has 1 aromatic rings. The molecule has 2 N–H and O–H groups in total. The fourth-order valence-electron chi connectivity index (χ4n) is 1.71. The van der Waals surface area contributed by atoms with Gasteiger partial charge in [0.25, 0.3) is 5.56 Å². The van der Waals surface area contributed by atoms with E-state index < -0.39 is 42.2 Å². The van der Waals surface area contributed by atoms with Crippen LogP contribution in [0.15, 0.2) is 15.8 Å². The van der Waals surface area contributed by atoms with Crippen molar-refractivity contribution in [3.05, 3.63) is 32.9 Å². The number of aromatic nitrogens is 2. The predicted molar refractivity (Wildman–Crippen MR) is 51.8 cm³/mol. The van der Waals surface area contributed by atoms with Gasteiger partial charge in [-0.05, 0) is 0 Å². The highest BCUT2D eigenvalue weighted by molar-refractivity contribution is 4.91. The average Bonchev–Trinajstić information content (AvgIpc) is 2.65. The van der Waals surface area contributed by atoms with Gasteiger partial charge in [-0.25, -0.2) is 9.18 Å². The summed E-state index contributed by atoms with van der Waals surface area (Å²) in [4.78, 5) is 23.8. The Kier molecular flexibility index (Phi) is 3.07. The molecular formula is C9H10F2N2O4. The van der Waals surface area contributed by atoms with E-state index >= 15 is 0 Å². The number of aliphatic hydroxyl groups excluding tert-OH is 1. The van der Waals surface area contributed by atoms with Crippen molar-refractivity contribution in [3.63, 3.8) is 0 Å². The van der Waals surface area contributed by atoms with Crippen molar-refractivity contribution in [2.45, 2.75) is 24.9 Å². The Labute approximate surface area is 93.5 Å². The third kappa shape index (κ3) is 2.13. The lowest BCUT2D eigenvalue weighted by atomic mass is 10.2. The molecule has 0 saturated carbocycles. The number of hydrogen-bond acceptors (Lipinski definition) is 4. The van der Waals surface area contributed by atoms with Crippen molar-refractivity contribution in [1.82, 2.24) is 9.55 Å². The van der Waals surface area contributed by atoms with E-state index in [9.17, 15) is 18.4 Å². The Bertz CT molecular complexity index is 526. The van der Waals surface area contributed by atoms with E-state index in [1.807, 2.05) is 0 Å². The highest BCUT2D eigenvalue weighted by atomic mass is 19.1. The molecular weight excluding hydrogens is 238 g/mol. The quantitative estimate of drug-likeness (QED) is 0.724. The second-order valence-corrected chi connectivity index (χ2v) is 3.73. The third-order valence-electron chi connectivity index (χ3n) is 2.53. The van der Waals surface area contributed by atoms with Crippen molar-refractivity contribution in [1.29, 1.82) is 0 Å². The van der Waals surface area contributed by atoms with Crippen LogP contribution >= 0.6 is 0 Å². The molecule has 2 heterocycles. The van der Waals surface area contributed by atoms with Crippen LogP contribution < -0.4 is 11.2 Å². The van der Waals surface area contributed by atoms with Gasteiger partial charge in [0, 0.05) is 6.42 Å². The van der Waals surface area contributed by atoms with E-state index in [0.29, 0.717) is 10.8 Å². The molecule has 0 bridgehead atoms. The minimum Gasteiger partial charge on any atom is -0.394 e. The molecule has 0 aliphatic carbocycles. The number of aromatic amines is 1. The van der Waals surface area contributed by atoms with Gasteiger partial charge in [0.2, 0.25) is 5.82 Å². The number of nitrogens with zero attached hydrogens (tertiary/aromatic N) is 1. The van der Waals surface area contributed by atoms with Crippen LogP contribution in [0.25, 0.3) is 0 Å². The predicted octanol–water partition coefficient (Wildman–Crippen LogP) is -0.706. The number of H-pyrrole nitrogens is 1. The SMILES string of the molecule is O=c1[nH]c(=O)n([C@H]2O[C@@H](CO)C[C@H]2F)cc1F. The zero-order valence-corrected chi connectivity index (χ0v) is 8.60. The number of halogens is 2. The molecule has 1 aromatic heterocycles. The summed E-state index contributed by atoms with van der Waals surface area (Å²) in [6.45, 7) is -0.391. The molecule has 94 valence electrons. The Morgan fingerprint density at radius 2 is 2.29 bits per heavy atom. The summed E-state index contributed by atoms with van der Waals surface area (Å²) in [6.07, 6.45) is -3.11. The number of rotatable bonds is 2. The first kappa shape index (κ1) is 11.9. The van der Waals surface area contributed by atoms with Gasteiger partial charge in [-0.2, -0.15) is 4.39 Å². The maximum Gasteiger partial charge on any atom is 0.330 e. The van der Waals surface area contributed by atoms with Crippen LogP contribution in [0.4, 0.5) is 8.78 Å². The first-order valence-electron chi connectivity index (χ1n) is 4.94. The lowest BCUT2D eigenvalue weighted by Crippen LogP contribution is -2.36. The smallest absolute Gasteiger partial charge is 0.330 e. The fraction of sp³-hybridized carbons (Fsp3) is 0.556. The second-order valence-electron chi connectivity index (χ2n) is 3.73. The molecule has 3 atom stereocenters. The Balaban J connectivity index is 2.38. The Morgan fingerprint density at radius 3 is 2.88 bits per heavy atom. The van der Waals surface area contributed by atoms with Gasteiger partial charge in [-0.15, -0.1) is 0 Å². The summed E-state index contributed by atoms with van der Waals surface area (Å²) < 4.78 is 32.2. The normalized spacial score (nSPS) is 28.5. The summed E-state index contributed by atoms with van der Waals surface area (Å²) >= 11 is 0. The van der Waals surface area contributed by atoms with Crippen LogP contribution in [-0.4, -0.2) is 33.5 Å². The molecule has 1 saturated heterocycles. The average molecular weight is 248 g/mol. The van der Waals surface area contributed by atoms with Crippen LogP contribution in [0.1, 0.15) is 12.6 Å². The van der Waals surface area contributed by atoms with E-state index in [2.05, 4.69) is 0 Å². The molecule has 0 amide bonds. The van der Waals surface area contributed by atoms with Crippen molar-refractivity contribution >= 4 is 0 Å². The van der Waals surface area contributed by atoms with Crippen LogP contribution in [0.5, 0.6) is 0 Å². The van der Waals surface area contributed by atoms with Crippen molar-refractivity contribution in [2.75, 3.05) is 6.61 Å². The lowest BCUT2D eigenvalue weighted by Gasteiger charge is -2.15. The van der Waals surface area contributed by atoms with Crippen LogP contribution in [0.3, 0.4) is 0 Å². The van der Waals surface area contributed by atoms with Gasteiger partial charge in [0.15, 0.2) is 6.23 Å². The molecule has 0 unspecified atom stereocenters. The van der Waals surface area contributed by atoms with Gasteiger partial charge in [-0.3, -0.25) is 14.3 Å².